The van der Waals surface area contributed by atoms with Crippen LogP contribution in [-0.2, 0) is 0 Å². The van der Waals surface area contributed by atoms with Gasteiger partial charge in [0.2, 0.25) is 0 Å². The molecule has 0 atom stereocenters. The summed E-state index contributed by atoms with van der Waals surface area (Å²) in [6.45, 7) is 0.820. The third-order valence-electron chi connectivity index (χ3n) is 3.69. The lowest BCUT2D eigenvalue weighted by molar-refractivity contribution is 0.614. The summed E-state index contributed by atoms with van der Waals surface area (Å²) in [5.41, 5.74) is 5.42. The van der Waals surface area contributed by atoms with E-state index >= 15 is 0 Å². The molecule has 102 valence electrons. The maximum Gasteiger partial charge on any atom is 0.143 e. The normalized spacial score (nSPS) is 14.5. The quantitative estimate of drug-likeness (QED) is 0.771. The molecular weight excluding hydrogens is 260 g/mol. The first-order valence-corrected chi connectivity index (χ1v) is 6.95. The van der Waals surface area contributed by atoms with E-state index in [1.165, 1.54) is 0 Å². The van der Waals surface area contributed by atoms with Gasteiger partial charge in [0.1, 0.15) is 5.58 Å². The zero-order valence-corrected chi connectivity index (χ0v) is 11.4. The fraction of sp³-hybridized carbons (Fsp3) is 0.0556. The lowest BCUT2D eigenvalue weighted by atomic mass is 9.97. The summed E-state index contributed by atoms with van der Waals surface area (Å²) in [5, 5.41) is 4.59. The zero-order valence-electron chi connectivity index (χ0n) is 11.4. The molecular formula is C18H14N2O. The maximum absolute atomic E-state index is 5.68. The molecule has 0 aliphatic carbocycles. The van der Waals surface area contributed by atoms with E-state index in [0.717, 1.165) is 39.9 Å². The van der Waals surface area contributed by atoms with E-state index in [0.29, 0.717) is 0 Å². The molecule has 0 amide bonds. The molecule has 3 heteroatoms. The van der Waals surface area contributed by atoms with Gasteiger partial charge in [-0.05, 0) is 29.8 Å². The SMILES string of the molecule is C1=CC(c2ccncc2)=C(c2cccc3ccoc23)NC1. The second-order valence-electron chi connectivity index (χ2n) is 4.95. The van der Waals surface area contributed by atoms with Gasteiger partial charge in [-0.1, -0.05) is 24.3 Å². The van der Waals surface area contributed by atoms with Gasteiger partial charge in [-0.2, -0.15) is 0 Å². The summed E-state index contributed by atoms with van der Waals surface area (Å²) >= 11 is 0. The number of hydrogen-bond acceptors (Lipinski definition) is 3. The van der Waals surface area contributed by atoms with E-state index in [1.54, 1.807) is 6.26 Å². The summed E-state index contributed by atoms with van der Waals surface area (Å²) in [5.74, 6) is 0. The number of benzene rings is 1. The third-order valence-corrected chi connectivity index (χ3v) is 3.69. The molecule has 1 aromatic carbocycles. The standard InChI is InChI=1S/C18H14N2O/c1-3-14-8-12-21-18(14)16(4-1)17-15(5-2-9-20-17)13-6-10-19-11-7-13/h1-8,10-12,20H,9H2. The Labute approximate surface area is 122 Å². The predicted molar refractivity (Wildman–Crippen MR) is 84.4 cm³/mol. The number of furan rings is 1. The van der Waals surface area contributed by atoms with Gasteiger partial charge in [0, 0.05) is 35.5 Å². The van der Waals surface area contributed by atoms with Crippen molar-refractivity contribution in [3.05, 3.63) is 78.3 Å². The number of nitrogens with one attached hydrogen (secondary N) is 1. The number of pyridine rings is 1. The number of nitrogens with zero attached hydrogens (tertiary/aromatic N) is 1. The van der Waals surface area contributed by atoms with Crippen LogP contribution in [0.2, 0.25) is 0 Å². The minimum Gasteiger partial charge on any atom is -0.464 e. The Bertz CT molecular complexity index is 844. The lowest BCUT2D eigenvalue weighted by Crippen LogP contribution is -2.17. The number of para-hydroxylation sites is 1. The number of allylic oxidation sites excluding steroid dienone is 2. The highest BCUT2D eigenvalue weighted by atomic mass is 16.3. The molecule has 1 aliphatic heterocycles. The van der Waals surface area contributed by atoms with Crippen molar-refractivity contribution in [3.8, 4) is 0 Å². The van der Waals surface area contributed by atoms with E-state index in [4.69, 9.17) is 4.42 Å². The molecule has 1 aliphatic rings. The molecule has 0 bridgehead atoms. The van der Waals surface area contributed by atoms with Gasteiger partial charge in [0.15, 0.2) is 0 Å². The lowest BCUT2D eigenvalue weighted by Gasteiger charge is -2.19. The van der Waals surface area contributed by atoms with Crippen LogP contribution in [0.1, 0.15) is 11.1 Å². The molecule has 0 unspecified atom stereocenters. The highest BCUT2D eigenvalue weighted by Crippen LogP contribution is 2.32. The van der Waals surface area contributed by atoms with Gasteiger partial charge in [-0.3, -0.25) is 4.98 Å². The number of hydrogen-bond donors (Lipinski definition) is 1. The minimum absolute atomic E-state index is 0.820. The molecule has 0 saturated heterocycles. The predicted octanol–water partition coefficient (Wildman–Crippen LogP) is 3.86. The third kappa shape index (κ3) is 2.03. The van der Waals surface area contributed by atoms with Crippen molar-refractivity contribution in [1.82, 2.24) is 10.3 Å². The highest BCUT2D eigenvalue weighted by molar-refractivity contribution is 6.01. The van der Waals surface area contributed by atoms with E-state index in [9.17, 15) is 0 Å². The summed E-state index contributed by atoms with van der Waals surface area (Å²) in [7, 11) is 0. The molecule has 0 spiro atoms. The Morgan fingerprint density at radius 2 is 1.95 bits per heavy atom. The number of fused-ring (bicyclic) bond motifs is 1. The molecule has 0 radical (unpaired) electrons. The topological polar surface area (TPSA) is 38.1 Å². The fourth-order valence-electron chi connectivity index (χ4n) is 2.72. The largest absolute Gasteiger partial charge is 0.464 e. The van der Waals surface area contributed by atoms with Crippen LogP contribution in [0, 0.1) is 0 Å². The van der Waals surface area contributed by atoms with Crippen molar-refractivity contribution in [1.29, 1.82) is 0 Å². The average Bonchev–Trinajstić information content (AvgIpc) is 3.04. The zero-order chi connectivity index (χ0) is 14.1. The van der Waals surface area contributed by atoms with Gasteiger partial charge in [-0.15, -0.1) is 0 Å². The summed E-state index contributed by atoms with van der Waals surface area (Å²) in [6.07, 6.45) is 9.65. The highest BCUT2D eigenvalue weighted by Gasteiger charge is 2.15. The van der Waals surface area contributed by atoms with E-state index < -0.39 is 0 Å². The van der Waals surface area contributed by atoms with Crippen LogP contribution < -0.4 is 5.32 Å². The van der Waals surface area contributed by atoms with Crippen LogP contribution in [0.4, 0.5) is 0 Å². The molecule has 4 rings (SSSR count). The maximum atomic E-state index is 5.68. The smallest absolute Gasteiger partial charge is 0.143 e. The molecule has 0 saturated carbocycles. The Morgan fingerprint density at radius 1 is 1.05 bits per heavy atom. The average molecular weight is 274 g/mol. The first kappa shape index (κ1) is 12.0. The fourth-order valence-corrected chi connectivity index (χ4v) is 2.72. The first-order valence-electron chi connectivity index (χ1n) is 6.95. The summed E-state index contributed by atoms with van der Waals surface area (Å²) in [6, 6.07) is 12.3. The van der Waals surface area contributed by atoms with Crippen LogP contribution in [0.25, 0.3) is 22.2 Å². The summed E-state index contributed by atoms with van der Waals surface area (Å²) < 4.78 is 5.68. The van der Waals surface area contributed by atoms with Crippen molar-refractivity contribution in [2.45, 2.75) is 0 Å². The molecule has 3 heterocycles. The van der Waals surface area contributed by atoms with Crippen LogP contribution >= 0.6 is 0 Å². The number of dihydropyridines is 1. The Morgan fingerprint density at radius 3 is 2.86 bits per heavy atom. The Hall–Kier alpha value is -2.81. The Balaban J connectivity index is 1.97. The monoisotopic (exact) mass is 274 g/mol. The molecule has 0 fully saturated rings. The van der Waals surface area contributed by atoms with Crippen LogP contribution in [0.15, 0.2) is 71.6 Å². The van der Waals surface area contributed by atoms with Crippen molar-refractivity contribution in [2.75, 3.05) is 6.54 Å². The van der Waals surface area contributed by atoms with E-state index in [2.05, 4.69) is 40.7 Å². The number of rotatable bonds is 2. The molecule has 2 aromatic heterocycles. The van der Waals surface area contributed by atoms with Gasteiger partial charge < -0.3 is 9.73 Å². The van der Waals surface area contributed by atoms with Crippen molar-refractivity contribution in [2.24, 2.45) is 0 Å². The van der Waals surface area contributed by atoms with Crippen LogP contribution in [0.5, 0.6) is 0 Å². The van der Waals surface area contributed by atoms with Crippen LogP contribution in [0.3, 0.4) is 0 Å². The van der Waals surface area contributed by atoms with Crippen molar-refractivity contribution in [3.63, 3.8) is 0 Å². The second kappa shape index (κ2) is 4.94. The van der Waals surface area contributed by atoms with Gasteiger partial charge in [0.05, 0.1) is 12.0 Å². The van der Waals surface area contributed by atoms with Crippen molar-refractivity contribution >= 4 is 22.2 Å². The van der Waals surface area contributed by atoms with Crippen molar-refractivity contribution < 1.29 is 4.42 Å². The van der Waals surface area contributed by atoms with E-state index in [-0.39, 0.29) is 0 Å². The van der Waals surface area contributed by atoms with Gasteiger partial charge >= 0.3 is 0 Å². The summed E-state index contributed by atoms with van der Waals surface area (Å²) in [4.78, 5) is 4.09. The van der Waals surface area contributed by atoms with E-state index in [1.807, 2.05) is 30.6 Å². The Kier molecular flexibility index (Phi) is 2.82. The first-order chi connectivity index (χ1) is 10.4. The molecule has 3 aromatic rings. The molecule has 3 nitrogen and oxygen atoms in total. The van der Waals surface area contributed by atoms with Gasteiger partial charge in [0.25, 0.3) is 0 Å². The second-order valence-corrected chi connectivity index (χ2v) is 4.95. The molecule has 21 heavy (non-hydrogen) atoms. The molecule has 1 N–H and O–H groups in total. The van der Waals surface area contributed by atoms with Gasteiger partial charge in [-0.25, -0.2) is 0 Å². The minimum atomic E-state index is 0.820. The number of aromatic nitrogens is 1. The van der Waals surface area contributed by atoms with Crippen LogP contribution in [-0.4, -0.2) is 11.5 Å².